The van der Waals surface area contributed by atoms with Crippen molar-refractivity contribution in [3.8, 4) is 0 Å². The summed E-state index contributed by atoms with van der Waals surface area (Å²) in [6.45, 7) is 13.7. The van der Waals surface area contributed by atoms with Crippen molar-refractivity contribution in [3.05, 3.63) is 0 Å². The fourth-order valence-corrected chi connectivity index (χ4v) is 3.56. The van der Waals surface area contributed by atoms with Crippen molar-refractivity contribution in [3.63, 3.8) is 0 Å². The lowest BCUT2D eigenvalue weighted by Crippen LogP contribution is -2.45. The molecule has 0 radical (unpaired) electrons. The van der Waals surface area contributed by atoms with E-state index in [1.807, 2.05) is 0 Å². The van der Waals surface area contributed by atoms with Gasteiger partial charge in [-0.2, -0.15) is 0 Å². The molecule has 23 heavy (non-hydrogen) atoms. The lowest BCUT2D eigenvalue weighted by Gasteiger charge is -2.46. The van der Waals surface area contributed by atoms with Crippen LogP contribution in [0.15, 0.2) is 0 Å². The molecule has 0 unspecified atom stereocenters. The predicted octanol–water partition coefficient (Wildman–Crippen LogP) is 6.91. The van der Waals surface area contributed by atoms with Crippen LogP contribution in [0.4, 0.5) is 0 Å². The van der Waals surface area contributed by atoms with Crippen LogP contribution in [0.1, 0.15) is 112 Å². The van der Waals surface area contributed by atoms with Crippen LogP contribution in [0, 0.1) is 10.8 Å². The van der Waals surface area contributed by atoms with Crippen molar-refractivity contribution in [2.24, 2.45) is 10.8 Å². The van der Waals surface area contributed by atoms with Crippen LogP contribution in [0.5, 0.6) is 0 Å². The number of ether oxygens (including phenoxy) is 1. The predicted molar refractivity (Wildman–Crippen MR) is 101 cm³/mol. The average Bonchev–Trinajstić information content (AvgIpc) is 2.54. The van der Waals surface area contributed by atoms with Gasteiger partial charge >= 0.3 is 5.97 Å². The summed E-state index contributed by atoms with van der Waals surface area (Å²) in [5.41, 5.74) is -0.293. The van der Waals surface area contributed by atoms with Crippen LogP contribution in [-0.4, -0.2) is 12.6 Å². The average molecular weight is 327 g/mol. The number of carbonyl (C=O) groups is 1. The lowest BCUT2D eigenvalue weighted by molar-refractivity contribution is -0.164. The molecule has 2 heteroatoms. The van der Waals surface area contributed by atoms with Crippen LogP contribution in [-0.2, 0) is 9.53 Å². The van der Waals surface area contributed by atoms with Gasteiger partial charge in [-0.05, 0) is 44.9 Å². The van der Waals surface area contributed by atoms with Crippen molar-refractivity contribution in [2.75, 3.05) is 6.61 Å². The van der Waals surface area contributed by atoms with Crippen molar-refractivity contribution in [1.29, 1.82) is 0 Å². The van der Waals surface area contributed by atoms with Crippen LogP contribution in [0.25, 0.3) is 0 Å². The van der Waals surface area contributed by atoms with E-state index in [1.54, 1.807) is 0 Å². The number of hydrogen-bond donors (Lipinski definition) is 0. The van der Waals surface area contributed by atoms with Gasteiger partial charge in [0, 0.05) is 0 Å². The number of esters is 1. The zero-order chi connectivity index (χ0) is 17.8. The fraction of sp³-hybridized carbons (Fsp3) is 0.952. The molecule has 0 bridgehead atoms. The summed E-state index contributed by atoms with van der Waals surface area (Å²) in [6, 6.07) is 0. The summed E-state index contributed by atoms with van der Waals surface area (Å²) in [4.78, 5) is 12.9. The maximum absolute atomic E-state index is 12.9. The Morgan fingerprint density at radius 2 is 1.13 bits per heavy atom. The maximum atomic E-state index is 12.9. The third-order valence-electron chi connectivity index (χ3n) is 5.59. The minimum atomic E-state index is -0.389. The van der Waals surface area contributed by atoms with E-state index in [-0.39, 0.29) is 16.8 Å². The van der Waals surface area contributed by atoms with Crippen molar-refractivity contribution in [1.82, 2.24) is 0 Å². The van der Waals surface area contributed by atoms with E-state index in [0.29, 0.717) is 6.61 Å². The molecule has 0 saturated heterocycles. The first kappa shape index (κ1) is 22.5. The van der Waals surface area contributed by atoms with Gasteiger partial charge in [0.1, 0.15) is 0 Å². The first-order valence-corrected chi connectivity index (χ1v) is 10.1. The molecule has 0 amide bonds. The summed E-state index contributed by atoms with van der Waals surface area (Å²) < 4.78 is 5.65. The van der Waals surface area contributed by atoms with Crippen LogP contribution in [0.2, 0.25) is 0 Å². The van der Waals surface area contributed by atoms with Crippen LogP contribution < -0.4 is 0 Å². The first-order valence-electron chi connectivity index (χ1n) is 10.1. The Hall–Kier alpha value is -0.530. The van der Waals surface area contributed by atoms with Gasteiger partial charge in [-0.25, -0.2) is 0 Å². The molecule has 0 aromatic carbocycles. The van der Waals surface area contributed by atoms with E-state index >= 15 is 0 Å². The monoisotopic (exact) mass is 326 g/mol. The van der Waals surface area contributed by atoms with Gasteiger partial charge in [0.25, 0.3) is 0 Å². The van der Waals surface area contributed by atoms with Gasteiger partial charge in [-0.1, -0.05) is 72.6 Å². The number of rotatable bonds is 14. The lowest BCUT2D eigenvalue weighted by atomic mass is 9.58. The van der Waals surface area contributed by atoms with Crippen molar-refractivity contribution >= 4 is 5.97 Å². The molecule has 0 aliphatic carbocycles. The van der Waals surface area contributed by atoms with Gasteiger partial charge in [0.05, 0.1) is 12.0 Å². The maximum Gasteiger partial charge on any atom is 0.312 e. The molecule has 0 saturated carbocycles. The number of carbonyl (C=O) groups excluding carboxylic acids is 1. The van der Waals surface area contributed by atoms with E-state index < -0.39 is 0 Å². The molecule has 0 atom stereocenters. The highest BCUT2D eigenvalue weighted by atomic mass is 16.5. The molecule has 0 fully saturated rings. The molecule has 0 N–H and O–H groups in total. The van der Waals surface area contributed by atoms with Crippen molar-refractivity contribution < 1.29 is 9.53 Å². The van der Waals surface area contributed by atoms with Crippen LogP contribution in [0.3, 0.4) is 0 Å². The van der Waals surface area contributed by atoms with E-state index in [2.05, 4.69) is 41.5 Å². The summed E-state index contributed by atoms with van der Waals surface area (Å²) in [5.74, 6) is 0.0225. The highest BCUT2D eigenvalue weighted by molar-refractivity contribution is 5.77. The molecule has 0 aliphatic rings. The van der Waals surface area contributed by atoms with Crippen LogP contribution >= 0.6 is 0 Å². The zero-order valence-electron chi connectivity index (χ0n) is 16.8. The smallest absolute Gasteiger partial charge is 0.312 e. The van der Waals surface area contributed by atoms with E-state index in [9.17, 15) is 4.79 Å². The Morgan fingerprint density at radius 1 is 0.739 bits per heavy atom. The molecule has 0 aromatic heterocycles. The Morgan fingerprint density at radius 3 is 1.48 bits per heavy atom. The summed E-state index contributed by atoms with van der Waals surface area (Å²) in [7, 11) is 0. The molecule has 0 heterocycles. The first-order chi connectivity index (χ1) is 10.9. The molecule has 138 valence electrons. The van der Waals surface area contributed by atoms with Gasteiger partial charge in [0.2, 0.25) is 0 Å². The third-order valence-corrected chi connectivity index (χ3v) is 5.59. The molecule has 2 nitrogen and oxygen atoms in total. The standard InChI is InChI=1S/C21H42O2/c1-7-11-15-21(16-12-8-2,17-13-9-3)20(5,6)19(22)23-18-14-10-4/h7-18H2,1-6H3. The second kappa shape index (κ2) is 11.9. The highest BCUT2D eigenvalue weighted by Gasteiger charge is 2.49. The zero-order valence-corrected chi connectivity index (χ0v) is 16.8. The molecule has 0 spiro atoms. The normalized spacial score (nSPS) is 12.4. The van der Waals surface area contributed by atoms with E-state index in [4.69, 9.17) is 4.74 Å². The van der Waals surface area contributed by atoms with E-state index in [0.717, 1.165) is 32.1 Å². The topological polar surface area (TPSA) is 26.3 Å². The largest absolute Gasteiger partial charge is 0.465 e. The Kier molecular flexibility index (Phi) is 11.6. The molecule has 0 aromatic rings. The molecule has 0 rings (SSSR count). The second-order valence-corrected chi connectivity index (χ2v) is 7.71. The molecular formula is C21H42O2. The second-order valence-electron chi connectivity index (χ2n) is 7.71. The van der Waals surface area contributed by atoms with Gasteiger partial charge in [0.15, 0.2) is 0 Å². The Bertz CT molecular complexity index is 285. The Balaban J connectivity index is 5.31. The van der Waals surface area contributed by atoms with Crippen molar-refractivity contribution in [2.45, 2.75) is 112 Å². The summed E-state index contributed by atoms with van der Waals surface area (Å²) >= 11 is 0. The van der Waals surface area contributed by atoms with Gasteiger partial charge in [-0.15, -0.1) is 0 Å². The minimum absolute atomic E-state index is 0.0225. The number of unbranched alkanes of at least 4 members (excludes halogenated alkanes) is 4. The summed E-state index contributed by atoms with van der Waals surface area (Å²) in [5, 5.41) is 0. The molecule has 0 aliphatic heterocycles. The fourth-order valence-electron chi connectivity index (χ4n) is 3.56. The van der Waals surface area contributed by atoms with Gasteiger partial charge < -0.3 is 4.74 Å². The van der Waals surface area contributed by atoms with E-state index in [1.165, 1.54) is 38.5 Å². The minimum Gasteiger partial charge on any atom is -0.465 e. The Labute approximate surface area is 145 Å². The highest BCUT2D eigenvalue weighted by Crippen LogP contribution is 2.51. The SMILES string of the molecule is CCCCOC(=O)C(C)(C)C(CCCC)(CCCC)CCCC. The third kappa shape index (κ3) is 6.85. The quantitative estimate of drug-likeness (QED) is 0.256. The summed E-state index contributed by atoms with van der Waals surface area (Å²) in [6.07, 6.45) is 12.7. The number of hydrogen-bond acceptors (Lipinski definition) is 2. The van der Waals surface area contributed by atoms with Gasteiger partial charge in [-0.3, -0.25) is 4.79 Å². The molecular weight excluding hydrogens is 284 g/mol.